The monoisotopic (exact) mass is 612 g/mol. The zero-order chi connectivity index (χ0) is 31.6. The van der Waals surface area contributed by atoms with Crippen LogP contribution in [0.4, 0.5) is 0 Å². The number of hydrogen-bond acceptors (Lipinski definition) is 6. The second-order valence-corrected chi connectivity index (χ2v) is 13.2. The van der Waals surface area contributed by atoms with E-state index >= 15 is 0 Å². The quantitative estimate of drug-likeness (QED) is 0.0865. The zero-order valence-corrected chi connectivity index (χ0v) is 28.9. The molecule has 0 amide bonds. The standard InChI is InChI=1S/C14H27NO5.C12H24.C11H22/c16-10-9-15(7-3-1-5-11-19-13-17)8-4-2-6-12-20-14-18;1-3-4-5-6-12-9-7-11(2)8-10-12;1-2-3-5-8-11-9-6-4-7-10-11/h13-14,16H,1-12H2;11-12H,3-10H2,1-2H3;11H,2-10H2,1H3. The molecule has 2 fully saturated rings. The van der Waals surface area contributed by atoms with Crippen LogP contribution in [0.1, 0.15) is 168 Å². The minimum absolute atomic E-state index is 0.169. The molecular weight excluding hydrogens is 538 g/mol. The molecule has 0 heterocycles. The molecule has 2 aliphatic carbocycles. The number of hydrogen-bond donors (Lipinski definition) is 1. The summed E-state index contributed by atoms with van der Waals surface area (Å²) >= 11 is 0. The maximum Gasteiger partial charge on any atom is 0.293 e. The van der Waals surface area contributed by atoms with Gasteiger partial charge in [0.15, 0.2) is 0 Å². The van der Waals surface area contributed by atoms with E-state index in [4.69, 9.17) is 5.11 Å². The molecule has 0 aromatic rings. The summed E-state index contributed by atoms with van der Waals surface area (Å²) in [6.45, 7) is 11.7. The summed E-state index contributed by atoms with van der Waals surface area (Å²) in [4.78, 5) is 22.2. The molecule has 256 valence electrons. The van der Waals surface area contributed by atoms with Gasteiger partial charge in [0.25, 0.3) is 12.9 Å². The molecule has 0 aromatic heterocycles. The maximum absolute atomic E-state index is 9.96. The zero-order valence-electron chi connectivity index (χ0n) is 28.9. The van der Waals surface area contributed by atoms with E-state index in [0.29, 0.717) is 32.7 Å². The first-order valence-electron chi connectivity index (χ1n) is 18.5. The van der Waals surface area contributed by atoms with E-state index in [1.165, 1.54) is 109 Å². The van der Waals surface area contributed by atoms with Crippen molar-refractivity contribution in [3.63, 3.8) is 0 Å². The van der Waals surface area contributed by atoms with Gasteiger partial charge in [0.2, 0.25) is 0 Å². The molecule has 2 aliphatic rings. The van der Waals surface area contributed by atoms with Crippen molar-refractivity contribution in [3.05, 3.63) is 0 Å². The third-order valence-electron chi connectivity index (χ3n) is 9.32. The summed E-state index contributed by atoms with van der Waals surface area (Å²) in [5, 5.41) is 9.02. The fourth-order valence-corrected chi connectivity index (χ4v) is 6.43. The second-order valence-electron chi connectivity index (χ2n) is 13.2. The SMILES string of the molecule is CCCCCC1CCC(C)CC1.CCCCCC1CCCCC1.O=COCCCCCN(CCO)CCCCCOC=O. The van der Waals surface area contributed by atoms with Gasteiger partial charge in [-0.05, 0) is 69.4 Å². The summed E-state index contributed by atoms with van der Waals surface area (Å²) in [6, 6.07) is 0. The van der Waals surface area contributed by atoms with Crippen LogP contribution in [0.15, 0.2) is 0 Å². The molecule has 6 heteroatoms. The third kappa shape index (κ3) is 29.3. The molecule has 43 heavy (non-hydrogen) atoms. The van der Waals surface area contributed by atoms with Crippen molar-refractivity contribution in [1.82, 2.24) is 4.90 Å². The van der Waals surface area contributed by atoms with Gasteiger partial charge in [-0.25, -0.2) is 0 Å². The van der Waals surface area contributed by atoms with Gasteiger partial charge in [0, 0.05) is 6.54 Å². The number of rotatable bonds is 24. The fourth-order valence-electron chi connectivity index (χ4n) is 6.43. The number of carbonyl (C=O) groups is 2. The van der Waals surface area contributed by atoms with Crippen LogP contribution in [0.25, 0.3) is 0 Å². The van der Waals surface area contributed by atoms with Gasteiger partial charge in [-0.15, -0.1) is 0 Å². The van der Waals surface area contributed by atoms with Crippen molar-refractivity contribution in [2.24, 2.45) is 17.8 Å². The Labute approximate surface area is 267 Å². The predicted octanol–water partition coefficient (Wildman–Crippen LogP) is 9.51. The highest BCUT2D eigenvalue weighted by Gasteiger charge is 2.17. The summed E-state index contributed by atoms with van der Waals surface area (Å²) in [5.74, 6) is 3.22. The normalized spacial score (nSPS) is 18.6. The van der Waals surface area contributed by atoms with Crippen LogP contribution >= 0.6 is 0 Å². The number of unbranched alkanes of at least 4 members (excludes halogenated alkanes) is 8. The van der Waals surface area contributed by atoms with Crippen LogP contribution in [-0.2, 0) is 19.1 Å². The van der Waals surface area contributed by atoms with Crippen molar-refractivity contribution in [2.75, 3.05) is 39.5 Å². The molecule has 0 bridgehead atoms. The van der Waals surface area contributed by atoms with Gasteiger partial charge < -0.3 is 19.5 Å². The van der Waals surface area contributed by atoms with Crippen LogP contribution in [0.2, 0.25) is 0 Å². The largest absolute Gasteiger partial charge is 0.468 e. The highest BCUT2D eigenvalue weighted by atomic mass is 16.5. The van der Waals surface area contributed by atoms with E-state index < -0.39 is 0 Å². The Hall–Kier alpha value is -1.14. The lowest BCUT2D eigenvalue weighted by Gasteiger charge is -2.25. The lowest BCUT2D eigenvalue weighted by molar-refractivity contribution is -0.129. The molecule has 0 atom stereocenters. The first kappa shape index (κ1) is 41.9. The average molecular weight is 612 g/mol. The lowest BCUT2D eigenvalue weighted by atomic mass is 9.80. The summed E-state index contributed by atoms with van der Waals surface area (Å²) < 4.78 is 9.26. The average Bonchev–Trinajstić information content (AvgIpc) is 3.03. The van der Waals surface area contributed by atoms with Gasteiger partial charge in [0.05, 0.1) is 19.8 Å². The number of carbonyl (C=O) groups excluding carboxylic acids is 2. The molecule has 2 rings (SSSR count). The molecule has 0 spiro atoms. The molecule has 6 nitrogen and oxygen atoms in total. The van der Waals surface area contributed by atoms with Crippen molar-refractivity contribution in [2.45, 2.75) is 168 Å². The van der Waals surface area contributed by atoms with Crippen LogP contribution in [0.3, 0.4) is 0 Å². The summed E-state index contributed by atoms with van der Waals surface area (Å²) in [5.41, 5.74) is 0. The van der Waals surface area contributed by atoms with Crippen molar-refractivity contribution < 1.29 is 24.2 Å². The Morgan fingerprint density at radius 1 is 0.605 bits per heavy atom. The van der Waals surface area contributed by atoms with Crippen molar-refractivity contribution in [3.8, 4) is 0 Å². The van der Waals surface area contributed by atoms with Gasteiger partial charge in [-0.3, -0.25) is 9.59 Å². The second kappa shape index (κ2) is 33.7. The Balaban J connectivity index is 0.000000654. The molecular formula is C37H73NO5. The Kier molecular flexibility index (Phi) is 32.9. The molecule has 1 N–H and O–H groups in total. The number of aliphatic hydroxyl groups excluding tert-OH is 1. The number of nitrogens with zero attached hydrogens (tertiary/aromatic N) is 1. The highest BCUT2D eigenvalue weighted by molar-refractivity contribution is 5.36. The Morgan fingerprint density at radius 2 is 1.09 bits per heavy atom. The maximum atomic E-state index is 9.96. The number of ether oxygens (including phenoxy) is 2. The Bertz CT molecular complexity index is 541. The fraction of sp³-hybridized carbons (Fsp3) is 0.946. The minimum Gasteiger partial charge on any atom is -0.468 e. The molecule has 2 saturated carbocycles. The highest BCUT2D eigenvalue weighted by Crippen LogP contribution is 2.31. The van der Waals surface area contributed by atoms with Crippen molar-refractivity contribution >= 4 is 12.9 Å². The van der Waals surface area contributed by atoms with Crippen LogP contribution < -0.4 is 0 Å². The summed E-state index contributed by atoms with van der Waals surface area (Å²) in [6.07, 6.45) is 31.2. The first-order valence-corrected chi connectivity index (χ1v) is 18.5. The summed E-state index contributed by atoms with van der Waals surface area (Å²) in [7, 11) is 0. The molecule has 0 aliphatic heterocycles. The van der Waals surface area contributed by atoms with E-state index in [2.05, 4.69) is 35.1 Å². The van der Waals surface area contributed by atoms with E-state index in [1.54, 1.807) is 0 Å². The minimum atomic E-state index is 0.169. The van der Waals surface area contributed by atoms with E-state index in [0.717, 1.165) is 69.4 Å². The van der Waals surface area contributed by atoms with Crippen LogP contribution in [-0.4, -0.2) is 62.4 Å². The van der Waals surface area contributed by atoms with Crippen molar-refractivity contribution in [1.29, 1.82) is 0 Å². The lowest BCUT2D eigenvalue weighted by Crippen LogP contribution is -2.29. The van der Waals surface area contributed by atoms with Gasteiger partial charge in [0.1, 0.15) is 0 Å². The molecule has 0 unspecified atom stereocenters. The van der Waals surface area contributed by atoms with Crippen LogP contribution in [0.5, 0.6) is 0 Å². The van der Waals surface area contributed by atoms with E-state index in [9.17, 15) is 9.59 Å². The predicted molar refractivity (Wildman–Crippen MR) is 181 cm³/mol. The smallest absolute Gasteiger partial charge is 0.293 e. The third-order valence-corrected chi connectivity index (χ3v) is 9.32. The van der Waals surface area contributed by atoms with Gasteiger partial charge in [-0.1, -0.05) is 130 Å². The first-order chi connectivity index (χ1) is 21.1. The molecule has 0 aromatic carbocycles. The van der Waals surface area contributed by atoms with Gasteiger partial charge in [-0.2, -0.15) is 0 Å². The van der Waals surface area contributed by atoms with E-state index in [-0.39, 0.29) is 6.61 Å². The van der Waals surface area contributed by atoms with Crippen LogP contribution in [0, 0.1) is 17.8 Å². The number of aliphatic hydroxyl groups is 1. The van der Waals surface area contributed by atoms with E-state index in [1.807, 2.05) is 0 Å². The topological polar surface area (TPSA) is 76.1 Å². The Morgan fingerprint density at radius 3 is 1.53 bits per heavy atom. The van der Waals surface area contributed by atoms with Gasteiger partial charge >= 0.3 is 0 Å². The molecule has 0 radical (unpaired) electrons. The molecule has 0 saturated heterocycles.